The van der Waals surface area contributed by atoms with Gasteiger partial charge in [-0.25, -0.2) is 0 Å². The third-order valence-electron chi connectivity index (χ3n) is 2.37. The van der Waals surface area contributed by atoms with Crippen LogP contribution in [0.5, 0.6) is 11.5 Å². The molecular weight excluding hydrogens is 180 g/mol. The first-order valence-electron chi connectivity index (χ1n) is 4.74. The van der Waals surface area contributed by atoms with E-state index >= 15 is 0 Å². The van der Waals surface area contributed by atoms with Crippen LogP contribution in [0, 0.1) is 0 Å². The highest BCUT2D eigenvalue weighted by Crippen LogP contribution is 2.26. The average molecular weight is 194 g/mol. The fraction of sp³-hybridized carbons (Fsp3) is 0.400. The third kappa shape index (κ3) is 1.90. The van der Waals surface area contributed by atoms with Crippen molar-refractivity contribution in [3.05, 3.63) is 18.2 Å². The Morgan fingerprint density at radius 2 is 1.57 bits per heavy atom. The van der Waals surface area contributed by atoms with Crippen molar-refractivity contribution in [1.29, 1.82) is 0 Å². The summed E-state index contributed by atoms with van der Waals surface area (Å²) in [4.78, 5) is 2.13. The zero-order chi connectivity index (χ0) is 9.97. The van der Waals surface area contributed by atoms with Crippen LogP contribution in [0.3, 0.4) is 0 Å². The van der Waals surface area contributed by atoms with Crippen LogP contribution in [0.2, 0.25) is 0 Å². The van der Waals surface area contributed by atoms with Crippen molar-refractivity contribution in [3.63, 3.8) is 0 Å². The monoisotopic (exact) mass is 194 g/mol. The van der Waals surface area contributed by atoms with Gasteiger partial charge in [0.2, 0.25) is 0 Å². The minimum Gasteiger partial charge on any atom is -0.508 e. The summed E-state index contributed by atoms with van der Waals surface area (Å²) in [6.45, 7) is 3.69. The molecule has 0 saturated carbocycles. The van der Waals surface area contributed by atoms with Gasteiger partial charge in [-0.15, -0.1) is 0 Å². The smallest absolute Gasteiger partial charge is 0.121 e. The van der Waals surface area contributed by atoms with E-state index in [4.69, 9.17) is 0 Å². The van der Waals surface area contributed by atoms with Gasteiger partial charge in [-0.1, -0.05) is 0 Å². The first kappa shape index (κ1) is 9.15. The number of rotatable bonds is 1. The lowest BCUT2D eigenvalue weighted by molar-refractivity contribution is 0.450. The number of hydrogen-bond donors (Lipinski definition) is 3. The predicted octanol–water partition coefficient (Wildman–Crippen LogP) is 0.507. The highest BCUT2D eigenvalue weighted by atomic mass is 16.3. The number of nitrogens with one attached hydrogen (secondary N) is 1. The molecule has 1 aromatic rings. The number of nitrogens with zero attached hydrogens (tertiary/aromatic N) is 1. The summed E-state index contributed by atoms with van der Waals surface area (Å²) in [6, 6.07) is 4.68. The average Bonchev–Trinajstić information content (AvgIpc) is 2.18. The number of hydrogen-bond acceptors (Lipinski definition) is 4. The van der Waals surface area contributed by atoms with Gasteiger partial charge in [0.05, 0.1) is 0 Å². The van der Waals surface area contributed by atoms with Crippen LogP contribution in [-0.4, -0.2) is 36.4 Å². The van der Waals surface area contributed by atoms with E-state index in [-0.39, 0.29) is 11.5 Å². The number of aromatic hydroxyl groups is 2. The molecule has 4 nitrogen and oxygen atoms in total. The molecule has 0 amide bonds. The number of phenolic OH excluding ortho intramolecular Hbond substituents is 2. The van der Waals surface area contributed by atoms with Crippen molar-refractivity contribution in [2.75, 3.05) is 31.1 Å². The summed E-state index contributed by atoms with van der Waals surface area (Å²) in [5.41, 5.74) is 0.879. The molecular formula is C10H14N2O2. The molecule has 0 atom stereocenters. The lowest BCUT2D eigenvalue weighted by Gasteiger charge is -2.29. The molecule has 76 valence electrons. The van der Waals surface area contributed by atoms with Gasteiger partial charge in [0.1, 0.15) is 11.5 Å². The molecule has 0 unspecified atom stereocenters. The number of anilines is 1. The molecule has 1 saturated heterocycles. The maximum absolute atomic E-state index is 9.32. The largest absolute Gasteiger partial charge is 0.508 e. The van der Waals surface area contributed by atoms with Crippen molar-refractivity contribution < 1.29 is 10.2 Å². The number of piperazine rings is 1. The van der Waals surface area contributed by atoms with Gasteiger partial charge in [0.25, 0.3) is 0 Å². The molecule has 1 aliphatic heterocycles. The highest BCUT2D eigenvalue weighted by molar-refractivity contribution is 5.55. The maximum atomic E-state index is 9.32. The fourth-order valence-corrected chi connectivity index (χ4v) is 1.69. The summed E-state index contributed by atoms with van der Waals surface area (Å²) in [7, 11) is 0. The second-order valence-corrected chi connectivity index (χ2v) is 3.44. The molecule has 0 aromatic heterocycles. The fourth-order valence-electron chi connectivity index (χ4n) is 1.69. The summed E-state index contributed by atoms with van der Waals surface area (Å²) < 4.78 is 0. The first-order chi connectivity index (χ1) is 6.75. The SMILES string of the molecule is Oc1cc(O)cc(N2CCNCC2)c1. The van der Waals surface area contributed by atoms with E-state index in [1.807, 2.05) is 0 Å². The van der Waals surface area contributed by atoms with Crippen LogP contribution in [0.25, 0.3) is 0 Å². The molecule has 1 fully saturated rings. The molecule has 0 bridgehead atoms. The van der Waals surface area contributed by atoms with Crippen LogP contribution in [0.4, 0.5) is 5.69 Å². The Hall–Kier alpha value is -1.42. The standard InChI is InChI=1S/C10H14N2O2/c13-9-5-8(6-10(14)7-9)12-3-1-11-2-4-12/h5-7,11,13-14H,1-4H2. The Kier molecular flexibility index (Phi) is 2.45. The first-order valence-corrected chi connectivity index (χ1v) is 4.74. The molecule has 4 heteroatoms. The Labute approximate surface area is 82.8 Å². The predicted molar refractivity (Wildman–Crippen MR) is 54.9 cm³/mol. The van der Waals surface area contributed by atoms with Crippen LogP contribution >= 0.6 is 0 Å². The minimum atomic E-state index is 0.110. The molecule has 1 aromatic carbocycles. The van der Waals surface area contributed by atoms with Crippen molar-refractivity contribution >= 4 is 5.69 Å². The number of phenols is 2. The van der Waals surface area contributed by atoms with Gasteiger partial charge in [-0.3, -0.25) is 0 Å². The van der Waals surface area contributed by atoms with Crippen LogP contribution in [0.1, 0.15) is 0 Å². The van der Waals surface area contributed by atoms with Crippen molar-refractivity contribution in [3.8, 4) is 11.5 Å². The summed E-state index contributed by atoms with van der Waals surface area (Å²) >= 11 is 0. The molecule has 0 spiro atoms. The van der Waals surface area contributed by atoms with E-state index in [2.05, 4.69) is 10.2 Å². The molecule has 0 aliphatic carbocycles. The Bertz CT molecular complexity index is 302. The van der Waals surface area contributed by atoms with Crippen LogP contribution in [0.15, 0.2) is 18.2 Å². The van der Waals surface area contributed by atoms with Gasteiger partial charge in [-0.2, -0.15) is 0 Å². The molecule has 14 heavy (non-hydrogen) atoms. The summed E-state index contributed by atoms with van der Waals surface area (Å²) in [6.07, 6.45) is 0. The van der Waals surface area contributed by atoms with Gasteiger partial charge < -0.3 is 20.4 Å². The zero-order valence-electron chi connectivity index (χ0n) is 7.90. The summed E-state index contributed by atoms with van der Waals surface area (Å²) in [5.74, 6) is 0.220. The molecule has 1 aliphatic rings. The third-order valence-corrected chi connectivity index (χ3v) is 2.37. The van der Waals surface area contributed by atoms with E-state index in [0.717, 1.165) is 31.9 Å². The van der Waals surface area contributed by atoms with Crippen molar-refractivity contribution in [2.45, 2.75) is 0 Å². The minimum absolute atomic E-state index is 0.110. The highest BCUT2D eigenvalue weighted by Gasteiger charge is 2.11. The van der Waals surface area contributed by atoms with Gasteiger partial charge in [-0.05, 0) is 0 Å². The van der Waals surface area contributed by atoms with E-state index in [0.29, 0.717) is 0 Å². The maximum Gasteiger partial charge on any atom is 0.121 e. The second-order valence-electron chi connectivity index (χ2n) is 3.44. The van der Waals surface area contributed by atoms with E-state index in [9.17, 15) is 10.2 Å². The quantitative estimate of drug-likeness (QED) is 0.609. The summed E-state index contributed by atoms with van der Waals surface area (Å²) in [5, 5.41) is 21.9. The number of benzene rings is 1. The van der Waals surface area contributed by atoms with Gasteiger partial charge >= 0.3 is 0 Å². The van der Waals surface area contributed by atoms with Crippen LogP contribution in [-0.2, 0) is 0 Å². The lowest BCUT2D eigenvalue weighted by atomic mass is 10.2. The Balaban J connectivity index is 2.21. The Morgan fingerprint density at radius 3 is 2.14 bits per heavy atom. The van der Waals surface area contributed by atoms with E-state index in [1.165, 1.54) is 6.07 Å². The van der Waals surface area contributed by atoms with Gasteiger partial charge in [0, 0.05) is 50.1 Å². The lowest BCUT2D eigenvalue weighted by Crippen LogP contribution is -2.43. The molecule has 2 rings (SSSR count). The van der Waals surface area contributed by atoms with Crippen molar-refractivity contribution in [1.82, 2.24) is 5.32 Å². The van der Waals surface area contributed by atoms with Crippen molar-refractivity contribution in [2.24, 2.45) is 0 Å². The molecule has 0 radical (unpaired) electrons. The normalized spacial score (nSPS) is 17.0. The topological polar surface area (TPSA) is 55.7 Å². The second kappa shape index (κ2) is 3.75. The van der Waals surface area contributed by atoms with Gasteiger partial charge in [0.15, 0.2) is 0 Å². The van der Waals surface area contributed by atoms with Crippen LogP contribution < -0.4 is 10.2 Å². The van der Waals surface area contributed by atoms with E-state index < -0.39 is 0 Å². The molecule has 3 N–H and O–H groups in total. The zero-order valence-corrected chi connectivity index (χ0v) is 7.90. The Morgan fingerprint density at radius 1 is 1.00 bits per heavy atom. The molecule has 1 heterocycles. The van der Waals surface area contributed by atoms with E-state index in [1.54, 1.807) is 12.1 Å².